The zero-order valence-corrected chi connectivity index (χ0v) is 21.0. The van der Waals surface area contributed by atoms with E-state index in [2.05, 4.69) is 6.92 Å². The molecule has 0 saturated carbocycles. The Morgan fingerprint density at radius 2 is 1.69 bits per heavy atom. The zero-order valence-electron chi connectivity index (χ0n) is 21.0. The second kappa shape index (κ2) is 9.53. The number of methoxy groups -OCH3 is 1. The van der Waals surface area contributed by atoms with Crippen molar-refractivity contribution in [2.75, 3.05) is 18.6 Å². The number of anilines is 1. The summed E-state index contributed by atoms with van der Waals surface area (Å²) in [5, 5.41) is 0.470. The van der Waals surface area contributed by atoms with E-state index in [9.17, 15) is 9.59 Å². The molecule has 0 spiro atoms. The van der Waals surface area contributed by atoms with Crippen molar-refractivity contribution in [3.05, 3.63) is 98.9 Å². The van der Waals surface area contributed by atoms with Crippen LogP contribution < -0.4 is 19.8 Å². The summed E-state index contributed by atoms with van der Waals surface area (Å²) in [5.41, 5.74) is 3.93. The maximum atomic E-state index is 13.9. The average molecular weight is 484 g/mol. The molecule has 6 nitrogen and oxygen atoms in total. The Bertz CT molecular complexity index is 1520. The van der Waals surface area contributed by atoms with Gasteiger partial charge in [0.15, 0.2) is 5.43 Å². The molecule has 184 valence electrons. The summed E-state index contributed by atoms with van der Waals surface area (Å²) in [4.78, 5) is 29.4. The van der Waals surface area contributed by atoms with Crippen molar-refractivity contribution in [2.45, 2.75) is 39.7 Å². The largest absolute Gasteiger partial charge is 0.497 e. The minimum Gasteiger partial charge on any atom is -0.497 e. The van der Waals surface area contributed by atoms with Crippen LogP contribution in [0.1, 0.15) is 58.6 Å². The van der Waals surface area contributed by atoms with E-state index in [0.717, 1.165) is 29.5 Å². The third-order valence-electron chi connectivity index (χ3n) is 6.76. The summed E-state index contributed by atoms with van der Waals surface area (Å²) < 4.78 is 17.5. The molecule has 1 amide bonds. The van der Waals surface area contributed by atoms with E-state index < -0.39 is 6.04 Å². The molecule has 1 aromatic heterocycles. The number of carbonyl (C=O) groups excluding carboxylic acids is 1. The molecular formula is C30H29NO5. The van der Waals surface area contributed by atoms with Gasteiger partial charge in [-0.2, -0.15) is 0 Å². The standard InChI is InChI=1S/C30H29NO5/c1-5-6-13-35-23-12-7-9-20(16-23)27-26-28(32)24-14-18(2)19(3)15-25(24)36-29(26)30(33)31(27)21-10-8-11-22(17-21)34-4/h7-12,14-17,27H,5-6,13H2,1-4H3. The predicted octanol–water partition coefficient (Wildman–Crippen LogP) is 6.35. The van der Waals surface area contributed by atoms with Crippen LogP contribution in [-0.4, -0.2) is 19.6 Å². The Hall–Kier alpha value is -4.06. The second-order valence-electron chi connectivity index (χ2n) is 9.16. The van der Waals surface area contributed by atoms with Crippen molar-refractivity contribution in [1.29, 1.82) is 0 Å². The molecule has 1 aliphatic heterocycles. The van der Waals surface area contributed by atoms with Gasteiger partial charge in [0.25, 0.3) is 5.91 Å². The van der Waals surface area contributed by atoms with Gasteiger partial charge in [-0.1, -0.05) is 31.5 Å². The van der Waals surface area contributed by atoms with Crippen molar-refractivity contribution in [3.8, 4) is 11.5 Å². The molecule has 1 atom stereocenters. The molecule has 0 saturated heterocycles. The minimum atomic E-state index is -0.670. The topological polar surface area (TPSA) is 69.0 Å². The van der Waals surface area contributed by atoms with E-state index in [0.29, 0.717) is 40.3 Å². The number of fused-ring (bicyclic) bond motifs is 2. The van der Waals surface area contributed by atoms with Gasteiger partial charge in [0.2, 0.25) is 5.76 Å². The molecule has 0 radical (unpaired) electrons. The molecule has 0 fully saturated rings. The fourth-order valence-corrected chi connectivity index (χ4v) is 4.68. The van der Waals surface area contributed by atoms with Crippen LogP contribution in [0.15, 0.2) is 69.9 Å². The van der Waals surface area contributed by atoms with Crippen LogP contribution in [0.2, 0.25) is 0 Å². The quantitative estimate of drug-likeness (QED) is 0.287. The number of benzene rings is 3. The van der Waals surface area contributed by atoms with Crippen molar-refractivity contribution >= 4 is 22.6 Å². The lowest BCUT2D eigenvalue weighted by Gasteiger charge is -2.26. The van der Waals surface area contributed by atoms with Crippen LogP contribution in [0, 0.1) is 13.8 Å². The highest BCUT2D eigenvalue weighted by Gasteiger charge is 2.44. The fraction of sp³-hybridized carbons (Fsp3) is 0.267. The summed E-state index contributed by atoms with van der Waals surface area (Å²) >= 11 is 0. The molecule has 6 heteroatoms. The Balaban J connectivity index is 1.73. The molecule has 0 aliphatic carbocycles. The number of rotatable bonds is 7. The summed E-state index contributed by atoms with van der Waals surface area (Å²) in [6, 6.07) is 17.9. The summed E-state index contributed by atoms with van der Waals surface area (Å²) in [6.45, 7) is 6.63. The average Bonchev–Trinajstić information content (AvgIpc) is 3.18. The van der Waals surface area contributed by atoms with Gasteiger partial charge in [-0.15, -0.1) is 0 Å². The number of hydrogen-bond donors (Lipinski definition) is 0. The number of hydrogen-bond acceptors (Lipinski definition) is 5. The Morgan fingerprint density at radius 1 is 0.944 bits per heavy atom. The Morgan fingerprint density at radius 3 is 2.47 bits per heavy atom. The number of carbonyl (C=O) groups is 1. The molecule has 1 unspecified atom stereocenters. The third-order valence-corrected chi connectivity index (χ3v) is 6.76. The van der Waals surface area contributed by atoms with Gasteiger partial charge in [0.05, 0.1) is 30.7 Å². The molecule has 5 rings (SSSR count). The van der Waals surface area contributed by atoms with E-state index in [1.54, 1.807) is 18.1 Å². The number of ether oxygens (including phenoxy) is 2. The van der Waals surface area contributed by atoms with Gasteiger partial charge >= 0.3 is 0 Å². The lowest BCUT2D eigenvalue weighted by molar-refractivity contribution is 0.0971. The first-order chi connectivity index (χ1) is 17.4. The fourth-order valence-electron chi connectivity index (χ4n) is 4.68. The molecule has 0 N–H and O–H groups in total. The number of unbranched alkanes of at least 4 members (excludes halogenated alkanes) is 1. The van der Waals surface area contributed by atoms with E-state index in [-0.39, 0.29) is 17.1 Å². The number of amides is 1. The van der Waals surface area contributed by atoms with E-state index >= 15 is 0 Å². The van der Waals surface area contributed by atoms with Crippen molar-refractivity contribution < 1.29 is 18.7 Å². The van der Waals surface area contributed by atoms with Gasteiger partial charge < -0.3 is 13.9 Å². The summed E-state index contributed by atoms with van der Waals surface area (Å²) in [6.07, 6.45) is 1.97. The second-order valence-corrected chi connectivity index (χ2v) is 9.16. The summed E-state index contributed by atoms with van der Waals surface area (Å²) in [7, 11) is 1.58. The first kappa shape index (κ1) is 23.7. The first-order valence-corrected chi connectivity index (χ1v) is 12.2. The summed E-state index contributed by atoms with van der Waals surface area (Å²) in [5.74, 6) is 1.02. The smallest absolute Gasteiger partial charge is 0.295 e. The van der Waals surface area contributed by atoms with Gasteiger partial charge in [-0.05, 0) is 73.4 Å². The lowest BCUT2D eigenvalue weighted by atomic mass is 9.97. The first-order valence-electron chi connectivity index (χ1n) is 12.2. The monoisotopic (exact) mass is 483 g/mol. The number of aryl methyl sites for hydroxylation is 2. The molecule has 3 aromatic carbocycles. The van der Waals surface area contributed by atoms with Gasteiger partial charge in [-0.25, -0.2) is 0 Å². The molecule has 0 bridgehead atoms. The molecular weight excluding hydrogens is 454 g/mol. The maximum Gasteiger partial charge on any atom is 0.295 e. The number of nitrogens with zero attached hydrogens (tertiary/aromatic N) is 1. The van der Waals surface area contributed by atoms with Crippen LogP contribution in [-0.2, 0) is 0 Å². The third kappa shape index (κ3) is 4.02. The van der Waals surface area contributed by atoms with E-state index in [4.69, 9.17) is 13.9 Å². The van der Waals surface area contributed by atoms with Crippen LogP contribution in [0.3, 0.4) is 0 Å². The Labute approximate surface area is 210 Å². The van der Waals surface area contributed by atoms with E-state index in [1.165, 1.54) is 0 Å². The van der Waals surface area contributed by atoms with Crippen LogP contribution in [0.5, 0.6) is 11.5 Å². The normalized spacial score (nSPS) is 14.8. The molecule has 1 aliphatic rings. The molecule has 36 heavy (non-hydrogen) atoms. The van der Waals surface area contributed by atoms with Crippen LogP contribution in [0.25, 0.3) is 11.0 Å². The van der Waals surface area contributed by atoms with Crippen molar-refractivity contribution in [2.24, 2.45) is 0 Å². The Kier molecular flexibility index (Phi) is 6.27. The molecule has 4 aromatic rings. The highest BCUT2D eigenvalue weighted by atomic mass is 16.5. The van der Waals surface area contributed by atoms with Crippen LogP contribution in [0.4, 0.5) is 5.69 Å². The molecule has 2 heterocycles. The lowest BCUT2D eigenvalue weighted by Crippen LogP contribution is -2.29. The highest BCUT2D eigenvalue weighted by molar-refractivity contribution is 6.10. The zero-order chi connectivity index (χ0) is 25.4. The van der Waals surface area contributed by atoms with E-state index in [1.807, 2.05) is 68.4 Å². The highest BCUT2D eigenvalue weighted by Crippen LogP contribution is 2.42. The SMILES string of the molecule is CCCCOc1cccc(C2c3c(oc4cc(C)c(C)cc4c3=O)C(=O)N2c2cccc(OC)c2)c1. The van der Waals surface area contributed by atoms with Crippen LogP contribution >= 0.6 is 0 Å². The maximum absolute atomic E-state index is 13.9. The van der Waals surface area contributed by atoms with Crippen molar-refractivity contribution in [1.82, 2.24) is 0 Å². The predicted molar refractivity (Wildman–Crippen MR) is 140 cm³/mol. The van der Waals surface area contributed by atoms with Gasteiger partial charge in [0.1, 0.15) is 17.1 Å². The van der Waals surface area contributed by atoms with Gasteiger partial charge in [-0.3, -0.25) is 14.5 Å². The minimum absolute atomic E-state index is 0.0703. The van der Waals surface area contributed by atoms with Gasteiger partial charge in [0, 0.05) is 11.8 Å². The van der Waals surface area contributed by atoms with Crippen molar-refractivity contribution in [3.63, 3.8) is 0 Å².